The molecule has 0 fully saturated rings. The van der Waals surface area contributed by atoms with Crippen LogP contribution in [0.4, 0.5) is 0 Å². The lowest BCUT2D eigenvalue weighted by atomic mass is 10.1. The molecule has 0 spiro atoms. The van der Waals surface area contributed by atoms with Crippen molar-refractivity contribution in [3.8, 4) is 5.75 Å². The van der Waals surface area contributed by atoms with Crippen LogP contribution < -0.4 is 9.88 Å². The lowest BCUT2D eigenvalue weighted by molar-refractivity contribution is 0.414. The highest BCUT2D eigenvalue weighted by molar-refractivity contribution is 7.89. The third-order valence-corrected chi connectivity index (χ3v) is 3.42. The molecule has 2 N–H and O–H groups in total. The van der Waals surface area contributed by atoms with Gasteiger partial charge in [0, 0.05) is 18.8 Å². The molecule has 100 valence electrons. The summed E-state index contributed by atoms with van der Waals surface area (Å²) in [6.07, 6.45) is 3.08. The third kappa shape index (κ3) is 3.27. The number of methoxy groups -OCH3 is 1. The number of nitrogens with zero attached hydrogens (tertiary/aromatic N) is 2. The maximum atomic E-state index is 11.4. The van der Waals surface area contributed by atoms with E-state index < -0.39 is 10.0 Å². The number of hydrogen-bond donors (Lipinski definition) is 1. The second-order valence-corrected chi connectivity index (χ2v) is 5.35. The molecular weight excluding hydrogens is 266 g/mol. The Morgan fingerprint density at radius 3 is 2.37 bits per heavy atom. The van der Waals surface area contributed by atoms with Gasteiger partial charge in [0.2, 0.25) is 0 Å². The Bertz CT molecular complexity index is 669. The van der Waals surface area contributed by atoms with E-state index in [4.69, 9.17) is 9.88 Å². The zero-order valence-corrected chi connectivity index (χ0v) is 11.1. The van der Waals surface area contributed by atoms with Gasteiger partial charge in [0.15, 0.2) is 5.03 Å². The molecule has 0 amide bonds. The average molecular weight is 279 g/mol. The molecule has 7 heteroatoms. The van der Waals surface area contributed by atoms with Gasteiger partial charge in [-0.05, 0) is 17.7 Å². The molecule has 0 aliphatic rings. The van der Waals surface area contributed by atoms with Crippen molar-refractivity contribution in [1.29, 1.82) is 0 Å². The first kappa shape index (κ1) is 13.4. The Morgan fingerprint density at radius 1 is 1.16 bits per heavy atom. The molecule has 0 unspecified atom stereocenters. The van der Waals surface area contributed by atoms with Crippen LogP contribution in [-0.2, 0) is 16.4 Å². The second-order valence-electron chi connectivity index (χ2n) is 3.88. The molecule has 0 bridgehead atoms. The number of ether oxygens (including phenoxy) is 1. The predicted octanol–water partition coefficient (Wildman–Crippen LogP) is 0.723. The van der Waals surface area contributed by atoms with Gasteiger partial charge >= 0.3 is 0 Å². The van der Waals surface area contributed by atoms with E-state index in [0.717, 1.165) is 11.3 Å². The van der Waals surface area contributed by atoms with E-state index in [2.05, 4.69) is 9.97 Å². The summed E-state index contributed by atoms with van der Waals surface area (Å²) in [6, 6.07) is 7.26. The Morgan fingerprint density at radius 2 is 1.79 bits per heavy atom. The van der Waals surface area contributed by atoms with E-state index in [0.29, 0.717) is 12.1 Å². The zero-order chi connectivity index (χ0) is 13.9. The second kappa shape index (κ2) is 5.33. The molecule has 0 aliphatic heterocycles. The molecule has 1 aromatic carbocycles. The molecule has 2 aromatic rings. The maximum absolute atomic E-state index is 11.4. The van der Waals surface area contributed by atoms with Crippen LogP contribution in [-0.4, -0.2) is 25.5 Å². The van der Waals surface area contributed by atoms with Gasteiger partial charge in [-0.3, -0.25) is 4.98 Å². The molecule has 0 saturated carbocycles. The fourth-order valence-electron chi connectivity index (χ4n) is 1.65. The van der Waals surface area contributed by atoms with Crippen molar-refractivity contribution in [1.82, 2.24) is 9.97 Å². The van der Waals surface area contributed by atoms with Gasteiger partial charge in [-0.1, -0.05) is 12.1 Å². The minimum Gasteiger partial charge on any atom is -0.497 e. The SMILES string of the molecule is COc1ccc(Cc2nccnc2S(N)(=O)=O)cc1. The molecule has 0 radical (unpaired) electrons. The Balaban J connectivity index is 2.33. The van der Waals surface area contributed by atoms with Crippen molar-refractivity contribution in [3.63, 3.8) is 0 Å². The summed E-state index contributed by atoms with van der Waals surface area (Å²) < 4.78 is 27.9. The van der Waals surface area contributed by atoms with E-state index >= 15 is 0 Å². The van der Waals surface area contributed by atoms with Crippen LogP contribution >= 0.6 is 0 Å². The lowest BCUT2D eigenvalue weighted by Gasteiger charge is -2.06. The number of nitrogens with two attached hydrogens (primary N) is 1. The summed E-state index contributed by atoms with van der Waals surface area (Å²) in [5, 5.41) is 4.92. The number of benzene rings is 1. The predicted molar refractivity (Wildman–Crippen MR) is 69.2 cm³/mol. The monoisotopic (exact) mass is 279 g/mol. The van der Waals surface area contributed by atoms with Crippen molar-refractivity contribution in [2.45, 2.75) is 11.4 Å². The highest BCUT2D eigenvalue weighted by Crippen LogP contribution is 2.16. The van der Waals surface area contributed by atoms with Crippen molar-refractivity contribution < 1.29 is 13.2 Å². The summed E-state index contributed by atoms with van der Waals surface area (Å²) in [5.74, 6) is 0.731. The number of sulfonamides is 1. The minimum absolute atomic E-state index is 0.189. The molecule has 0 aliphatic carbocycles. The van der Waals surface area contributed by atoms with Crippen LogP contribution in [0.5, 0.6) is 5.75 Å². The van der Waals surface area contributed by atoms with E-state index in [1.807, 2.05) is 12.1 Å². The number of primary sulfonamides is 1. The van der Waals surface area contributed by atoms with Crippen molar-refractivity contribution in [2.24, 2.45) is 5.14 Å². The van der Waals surface area contributed by atoms with Gasteiger partial charge in [-0.15, -0.1) is 0 Å². The van der Waals surface area contributed by atoms with Gasteiger partial charge in [0.25, 0.3) is 10.0 Å². The number of aromatic nitrogens is 2. The third-order valence-electron chi connectivity index (χ3n) is 2.54. The Hall–Kier alpha value is -1.99. The summed E-state index contributed by atoms with van der Waals surface area (Å²) in [7, 11) is -2.28. The van der Waals surface area contributed by atoms with Crippen molar-refractivity contribution >= 4 is 10.0 Å². The van der Waals surface area contributed by atoms with Gasteiger partial charge in [0.1, 0.15) is 5.75 Å². The quantitative estimate of drug-likeness (QED) is 0.890. The molecular formula is C12H13N3O3S. The fourth-order valence-corrected chi connectivity index (χ4v) is 2.31. The van der Waals surface area contributed by atoms with Gasteiger partial charge in [0.05, 0.1) is 12.8 Å². The number of hydrogen-bond acceptors (Lipinski definition) is 5. The highest BCUT2D eigenvalue weighted by atomic mass is 32.2. The molecule has 6 nitrogen and oxygen atoms in total. The van der Waals surface area contributed by atoms with Crippen molar-refractivity contribution in [3.05, 3.63) is 47.9 Å². The topological polar surface area (TPSA) is 95.2 Å². The van der Waals surface area contributed by atoms with Crippen LogP contribution in [0, 0.1) is 0 Å². The fraction of sp³-hybridized carbons (Fsp3) is 0.167. The Kier molecular flexibility index (Phi) is 3.77. The lowest BCUT2D eigenvalue weighted by Crippen LogP contribution is -2.17. The molecule has 1 aromatic heterocycles. The molecule has 19 heavy (non-hydrogen) atoms. The van der Waals surface area contributed by atoms with E-state index in [-0.39, 0.29) is 5.03 Å². The first-order chi connectivity index (χ1) is 9.00. The first-order valence-corrected chi connectivity index (χ1v) is 7.01. The van der Waals surface area contributed by atoms with Crippen LogP contribution in [0.1, 0.15) is 11.3 Å². The van der Waals surface area contributed by atoms with Gasteiger partial charge < -0.3 is 4.74 Å². The summed E-state index contributed by atoms with van der Waals surface area (Å²) >= 11 is 0. The Labute approximate surface area is 111 Å². The largest absolute Gasteiger partial charge is 0.497 e. The van der Waals surface area contributed by atoms with E-state index in [9.17, 15) is 8.42 Å². The van der Waals surface area contributed by atoms with E-state index in [1.54, 1.807) is 19.2 Å². The molecule has 1 heterocycles. The smallest absolute Gasteiger partial charge is 0.257 e. The zero-order valence-electron chi connectivity index (χ0n) is 10.3. The van der Waals surface area contributed by atoms with Crippen LogP contribution in [0.2, 0.25) is 0 Å². The molecule has 2 rings (SSSR count). The average Bonchev–Trinajstić information content (AvgIpc) is 2.39. The van der Waals surface area contributed by atoms with Crippen LogP contribution in [0.25, 0.3) is 0 Å². The maximum Gasteiger partial charge on any atom is 0.257 e. The van der Waals surface area contributed by atoms with Crippen molar-refractivity contribution in [2.75, 3.05) is 7.11 Å². The molecule has 0 atom stereocenters. The first-order valence-electron chi connectivity index (χ1n) is 5.46. The number of rotatable bonds is 4. The van der Waals surface area contributed by atoms with Crippen LogP contribution in [0.3, 0.4) is 0 Å². The van der Waals surface area contributed by atoms with Gasteiger partial charge in [-0.25, -0.2) is 18.5 Å². The normalized spacial score (nSPS) is 11.3. The van der Waals surface area contributed by atoms with Gasteiger partial charge in [-0.2, -0.15) is 0 Å². The summed E-state index contributed by atoms with van der Waals surface area (Å²) in [6.45, 7) is 0. The summed E-state index contributed by atoms with van der Waals surface area (Å²) in [5.41, 5.74) is 1.22. The standard InChI is InChI=1S/C12H13N3O3S/c1-18-10-4-2-9(3-5-10)8-11-12(19(13,16)17)15-7-6-14-11/h2-7H,8H2,1H3,(H2,13,16,17). The summed E-state index contributed by atoms with van der Waals surface area (Å²) in [4.78, 5) is 7.81. The highest BCUT2D eigenvalue weighted by Gasteiger charge is 2.16. The van der Waals surface area contributed by atoms with E-state index in [1.165, 1.54) is 12.4 Å². The minimum atomic E-state index is -3.86. The van der Waals surface area contributed by atoms with Crippen LogP contribution in [0.15, 0.2) is 41.7 Å². The molecule has 0 saturated heterocycles.